The molecule has 1 aliphatic heterocycles. The molecule has 0 aliphatic carbocycles. The minimum Gasteiger partial charge on any atom is -0.504 e. The zero-order valence-electron chi connectivity index (χ0n) is 14.7. The molecular weight excluding hydrogens is 317 g/mol. The maximum absolute atomic E-state index is 14.8. The van der Waals surface area contributed by atoms with E-state index < -0.39 is 11.0 Å². The van der Waals surface area contributed by atoms with Crippen molar-refractivity contribution >= 4 is 11.4 Å². The van der Waals surface area contributed by atoms with E-state index in [1.54, 1.807) is 28.8 Å². The zero-order valence-corrected chi connectivity index (χ0v) is 14.7. The Labute approximate surface area is 145 Å². The summed E-state index contributed by atoms with van der Waals surface area (Å²) in [5.74, 6) is -0.121. The van der Waals surface area contributed by atoms with Crippen LogP contribution in [0.2, 0.25) is 0 Å². The van der Waals surface area contributed by atoms with Crippen molar-refractivity contribution in [3.63, 3.8) is 0 Å². The van der Waals surface area contributed by atoms with Crippen molar-refractivity contribution < 1.29 is 9.50 Å². The van der Waals surface area contributed by atoms with Gasteiger partial charge in [-0.15, -0.1) is 0 Å². The second-order valence-electron chi connectivity index (χ2n) is 7.54. The van der Waals surface area contributed by atoms with Crippen LogP contribution in [0.1, 0.15) is 44.5 Å². The molecule has 0 fully saturated rings. The zero-order chi connectivity index (χ0) is 18.0. The highest BCUT2D eigenvalue weighted by Gasteiger charge is 2.45. The predicted octanol–water partition coefficient (Wildman–Crippen LogP) is 4.09. The van der Waals surface area contributed by atoms with Gasteiger partial charge >= 0.3 is 0 Å². The number of rotatable bonds is 1. The molecule has 0 saturated heterocycles. The van der Waals surface area contributed by atoms with Gasteiger partial charge in [-0.2, -0.15) is 0 Å². The molecule has 0 unspecified atom stereocenters. The summed E-state index contributed by atoms with van der Waals surface area (Å²) in [4.78, 5) is 9.29. The molecule has 0 atom stereocenters. The molecule has 25 heavy (non-hydrogen) atoms. The van der Waals surface area contributed by atoms with Crippen molar-refractivity contribution in [2.75, 3.05) is 0 Å². The van der Waals surface area contributed by atoms with E-state index in [-0.39, 0.29) is 11.6 Å². The highest BCUT2D eigenvalue weighted by molar-refractivity contribution is 6.14. The number of halogens is 1. The van der Waals surface area contributed by atoms with E-state index in [9.17, 15) is 9.50 Å². The Morgan fingerprint density at radius 3 is 2.60 bits per heavy atom. The number of aromatic hydroxyl groups is 1. The topological polar surface area (TPSA) is 49.9 Å². The number of aliphatic imine (C=N–C) groups is 1. The molecule has 2 aromatic heterocycles. The summed E-state index contributed by atoms with van der Waals surface area (Å²) in [6.07, 6.45) is 3.50. The lowest BCUT2D eigenvalue weighted by molar-refractivity contribution is 0.293. The van der Waals surface area contributed by atoms with Gasteiger partial charge in [0, 0.05) is 22.7 Å². The molecule has 3 heterocycles. The van der Waals surface area contributed by atoms with Crippen LogP contribution in [0.15, 0.2) is 47.7 Å². The van der Waals surface area contributed by atoms with Gasteiger partial charge in [-0.1, -0.05) is 26.0 Å². The van der Waals surface area contributed by atoms with E-state index in [0.717, 1.165) is 11.3 Å². The molecule has 0 radical (unpaired) electrons. The Kier molecular flexibility index (Phi) is 3.11. The van der Waals surface area contributed by atoms with E-state index in [2.05, 4.69) is 4.98 Å². The fourth-order valence-electron chi connectivity index (χ4n) is 3.51. The lowest BCUT2D eigenvalue weighted by Gasteiger charge is -2.44. The van der Waals surface area contributed by atoms with Gasteiger partial charge in [0.25, 0.3) is 0 Å². The van der Waals surface area contributed by atoms with Crippen molar-refractivity contribution in [3.05, 3.63) is 65.4 Å². The minimum absolute atomic E-state index is 0.101. The van der Waals surface area contributed by atoms with E-state index in [0.29, 0.717) is 16.9 Å². The molecule has 0 amide bonds. The second kappa shape index (κ2) is 4.91. The molecule has 1 N–H and O–H groups in total. The highest BCUT2D eigenvalue weighted by atomic mass is 19.1. The first-order valence-corrected chi connectivity index (χ1v) is 8.29. The van der Waals surface area contributed by atoms with Crippen molar-refractivity contribution in [2.24, 2.45) is 4.99 Å². The molecule has 0 spiro atoms. The molecule has 3 aromatic rings. The Hall–Kier alpha value is -2.69. The van der Waals surface area contributed by atoms with Crippen LogP contribution in [0, 0.1) is 5.82 Å². The van der Waals surface area contributed by atoms with Crippen LogP contribution in [-0.4, -0.2) is 25.7 Å². The van der Waals surface area contributed by atoms with Crippen molar-refractivity contribution in [1.82, 2.24) is 9.38 Å². The van der Waals surface area contributed by atoms with Crippen LogP contribution in [0.3, 0.4) is 0 Å². The Balaban J connectivity index is 2.07. The highest BCUT2D eigenvalue weighted by Crippen LogP contribution is 2.45. The summed E-state index contributed by atoms with van der Waals surface area (Å²) in [6, 6.07) is 8.45. The third kappa shape index (κ3) is 2.05. The van der Waals surface area contributed by atoms with Gasteiger partial charge in [-0.05, 0) is 32.0 Å². The second-order valence-corrected chi connectivity index (χ2v) is 7.54. The van der Waals surface area contributed by atoms with Gasteiger partial charge in [-0.25, -0.2) is 9.37 Å². The lowest BCUT2D eigenvalue weighted by Crippen LogP contribution is -2.47. The summed E-state index contributed by atoms with van der Waals surface area (Å²) in [6.45, 7) is 8.08. The summed E-state index contributed by atoms with van der Waals surface area (Å²) in [5.41, 5.74) is 2.37. The third-order valence-electron chi connectivity index (χ3n) is 5.57. The Bertz CT molecular complexity index is 1030. The Morgan fingerprint density at radius 1 is 1.08 bits per heavy atom. The fourth-order valence-corrected chi connectivity index (χ4v) is 3.51. The van der Waals surface area contributed by atoms with Crippen LogP contribution >= 0.6 is 0 Å². The van der Waals surface area contributed by atoms with E-state index in [4.69, 9.17) is 4.99 Å². The molecule has 1 aromatic carbocycles. The first-order valence-electron chi connectivity index (χ1n) is 8.29. The Morgan fingerprint density at radius 2 is 1.84 bits per heavy atom. The summed E-state index contributed by atoms with van der Waals surface area (Å²) >= 11 is 0. The largest absolute Gasteiger partial charge is 0.504 e. The van der Waals surface area contributed by atoms with E-state index >= 15 is 0 Å². The van der Waals surface area contributed by atoms with Crippen LogP contribution in [-0.2, 0) is 5.41 Å². The SMILES string of the molecule is CC1(C)N=C(c2cnc3c(O)cccn23)c2cccc(F)c2C1(C)C. The minimum atomic E-state index is -0.501. The molecule has 0 bridgehead atoms. The number of imidazole rings is 1. The van der Waals surface area contributed by atoms with Gasteiger partial charge in [0.1, 0.15) is 5.82 Å². The third-order valence-corrected chi connectivity index (χ3v) is 5.57. The average Bonchev–Trinajstić information content (AvgIpc) is 2.96. The normalized spacial score (nSPS) is 18.0. The predicted molar refractivity (Wildman–Crippen MR) is 96.0 cm³/mol. The van der Waals surface area contributed by atoms with Crippen LogP contribution in [0.25, 0.3) is 5.65 Å². The summed E-state index contributed by atoms with van der Waals surface area (Å²) in [5, 5.41) is 10.0. The van der Waals surface area contributed by atoms with Crippen LogP contribution < -0.4 is 0 Å². The number of hydrogen-bond acceptors (Lipinski definition) is 3. The smallest absolute Gasteiger partial charge is 0.179 e. The fraction of sp³-hybridized carbons (Fsp3) is 0.300. The van der Waals surface area contributed by atoms with Crippen LogP contribution in [0.5, 0.6) is 5.75 Å². The summed E-state index contributed by atoms with van der Waals surface area (Å²) < 4.78 is 16.6. The van der Waals surface area contributed by atoms with Gasteiger partial charge < -0.3 is 5.11 Å². The first kappa shape index (κ1) is 15.8. The number of fused-ring (bicyclic) bond motifs is 2. The van der Waals surface area contributed by atoms with Crippen molar-refractivity contribution in [2.45, 2.75) is 38.6 Å². The number of nitrogens with zero attached hydrogens (tertiary/aromatic N) is 3. The quantitative estimate of drug-likeness (QED) is 0.727. The molecular formula is C20H20FN3O. The molecule has 128 valence electrons. The lowest BCUT2D eigenvalue weighted by atomic mass is 9.66. The maximum Gasteiger partial charge on any atom is 0.179 e. The monoisotopic (exact) mass is 337 g/mol. The number of pyridine rings is 1. The number of aromatic nitrogens is 2. The van der Waals surface area contributed by atoms with Crippen molar-refractivity contribution in [1.29, 1.82) is 0 Å². The van der Waals surface area contributed by atoms with Crippen LogP contribution in [0.4, 0.5) is 4.39 Å². The average molecular weight is 337 g/mol. The van der Waals surface area contributed by atoms with Gasteiger partial charge in [0.15, 0.2) is 11.4 Å². The van der Waals surface area contributed by atoms with Gasteiger partial charge in [-0.3, -0.25) is 9.39 Å². The maximum atomic E-state index is 14.8. The molecule has 5 heteroatoms. The molecule has 4 nitrogen and oxygen atoms in total. The van der Waals surface area contributed by atoms with Crippen molar-refractivity contribution in [3.8, 4) is 5.75 Å². The van der Waals surface area contributed by atoms with Gasteiger partial charge in [0.2, 0.25) is 0 Å². The molecule has 1 aliphatic rings. The van der Waals surface area contributed by atoms with Gasteiger partial charge in [0.05, 0.1) is 23.1 Å². The van der Waals surface area contributed by atoms with E-state index in [1.807, 2.05) is 40.0 Å². The number of benzene rings is 1. The number of hydrogen-bond donors (Lipinski definition) is 1. The summed E-state index contributed by atoms with van der Waals surface area (Å²) in [7, 11) is 0. The molecule has 0 saturated carbocycles. The standard InChI is InChI=1S/C20H20FN3O/c1-19(2)16-12(7-5-8-13(16)21)17(23-20(19,3)4)14-11-22-18-15(25)9-6-10-24(14)18/h5-11,25H,1-4H3. The first-order chi connectivity index (χ1) is 11.7. The van der Waals surface area contributed by atoms with E-state index in [1.165, 1.54) is 6.07 Å². The molecule has 4 rings (SSSR count).